The van der Waals surface area contributed by atoms with E-state index in [2.05, 4.69) is 17.2 Å². The molecule has 1 N–H and O–H groups in total. The molecule has 0 radical (unpaired) electrons. The number of carbonyl (C=O) groups is 1. The second-order valence-electron chi connectivity index (χ2n) is 8.66. The van der Waals surface area contributed by atoms with Crippen molar-refractivity contribution in [3.05, 3.63) is 119 Å². The monoisotopic (exact) mass is 606 g/mol. The Morgan fingerprint density at radius 3 is 2.37 bits per heavy atom. The van der Waals surface area contributed by atoms with E-state index in [0.717, 1.165) is 24.3 Å². The first-order valence-corrected chi connectivity index (χ1v) is 12.4. The molecule has 0 aliphatic heterocycles. The van der Waals surface area contributed by atoms with E-state index < -0.39 is 41.7 Å². The highest BCUT2D eigenvalue weighted by molar-refractivity contribution is 6.16. The highest BCUT2D eigenvalue weighted by Gasteiger charge is 2.30. The smallest absolute Gasteiger partial charge is 0.416 e. The molecule has 43 heavy (non-hydrogen) atoms. The van der Waals surface area contributed by atoms with Gasteiger partial charge in [-0.15, -0.1) is 0 Å². The number of hydrogen-bond acceptors (Lipinski definition) is 8. The Labute approximate surface area is 243 Å². The number of ether oxygens (including phenoxy) is 3. The highest BCUT2D eigenvalue weighted by Crippen LogP contribution is 2.30. The Hall–Kier alpha value is -4.91. The van der Waals surface area contributed by atoms with E-state index in [-0.39, 0.29) is 34.7 Å². The van der Waals surface area contributed by atoms with Crippen molar-refractivity contribution in [1.82, 2.24) is 5.48 Å². The summed E-state index contributed by atoms with van der Waals surface area (Å²) in [4.78, 5) is 22.5. The number of esters is 1. The zero-order valence-corrected chi connectivity index (χ0v) is 23.3. The van der Waals surface area contributed by atoms with Gasteiger partial charge in [0.15, 0.2) is 11.6 Å². The number of methoxy groups -OCH3 is 2. The molecule has 0 fully saturated rings. The normalized spacial score (nSPS) is 12.0. The van der Waals surface area contributed by atoms with Crippen LogP contribution >= 0.6 is 0 Å². The number of rotatable bonds is 13. The molecule has 0 bridgehead atoms. The van der Waals surface area contributed by atoms with Crippen LogP contribution in [0.3, 0.4) is 0 Å². The summed E-state index contributed by atoms with van der Waals surface area (Å²) >= 11 is 0. The minimum absolute atomic E-state index is 0.105. The summed E-state index contributed by atoms with van der Waals surface area (Å²) < 4.78 is 84.0. The third kappa shape index (κ3) is 8.55. The van der Waals surface area contributed by atoms with Crippen LogP contribution in [-0.4, -0.2) is 33.0 Å². The van der Waals surface area contributed by atoms with Gasteiger partial charge in [0, 0.05) is 11.6 Å². The maximum atomic E-state index is 15.1. The summed E-state index contributed by atoms with van der Waals surface area (Å²) in [6.07, 6.45) is -3.34. The highest BCUT2D eigenvalue weighted by atomic mass is 19.4. The summed E-state index contributed by atoms with van der Waals surface area (Å²) in [5.41, 5.74) is 2.10. The van der Waals surface area contributed by atoms with Gasteiger partial charge in [-0.1, -0.05) is 48.1 Å². The average molecular weight is 607 g/mol. The molecule has 3 aromatic carbocycles. The fourth-order valence-corrected chi connectivity index (χ4v) is 3.78. The molecular formula is C30H27F5N2O6. The standard InChI is InChI=1S/C30H27F5N2O6/c1-18(36-43-16-20-9-5-6-11-22(20)24(17-39-2)29(38)40-3)28(37-41-4)23-13-26(32)27(14-25(23)31)42-15-19-8-7-10-21(12-19)30(33,34)35/h5-14,17,36H,1,15-16H2,2-4H3. The van der Waals surface area contributed by atoms with Gasteiger partial charge in [-0.05, 0) is 34.9 Å². The van der Waals surface area contributed by atoms with Gasteiger partial charge in [0.25, 0.3) is 0 Å². The molecule has 0 saturated heterocycles. The molecule has 3 rings (SSSR count). The zero-order chi connectivity index (χ0) is 31.6. The minimum Gasteiger partial charge on any atom is -0.503 e. The Morgan fingerprint density at radius 1 is 0.953 bits per heavy atom. The summed E-state index contributed by atoms with van der Waals surface area (Å²) in [6, 6.07) is 12.5. The van der Waals surface area contributed by atoms with E-state index in [1.807, 2.05) is 0 Å². The molecule has 0 aliphatic carbocycles. The Morgan fingerprint density at radius 2 is 1.70 bits per heavy atom. The van der Waals surface area contributed by atoms with E-state index in [0.29, 0.717) is 11.1 Å². The van der Waals surface area contributed by atoms with Crippen LogP contribution in [0.4, 0.5) is 22.0 Å². The second kappa shape index (κ2) is 14.8. The third-order valence-corrected chi connectivity index (χ3v) is 5.77. The van der Waals surface area contributed by atoms with E-state index in [1.165, 1.54) is 39.7 Å². The quantitative estimate of drug-likeness (QED) is 0.0610. The fourth-order valence-electron chi connectivity index (χ4n) is 3.78. The van der Waals surface area contributed by atoms with Crippen molar-refractivity contribution in [3.63, 3.8) is 0 Å². The van der Waals surface area contributed by atoms with Crippen molar-refractivity contribution < 1.29 is 50.6 Å². The van der Waals surface area contributed by atoms with Crippen molar-refractivity contribution in [2.75, 3.05) is 21.3 Å². The lowest BCUT2D eigenvalue weighted by molar-refractivity contribution is -0.137. The van der Waals surface area contributed by atoms with Gasteiger partial charge in [0.1, 0.15) is 37.4 Å². The van der Waals surface area contributed by atoms with E-state index in [1.54, 1.807) is 24.3 Å². The summed E-state index contributed by atoms with van der Waals surface area (Å²) in [5, 5.41) is 3.72. The van der Waals surface area contributed by atoms with Crippen LogP contribution in [0.5, 0.6) is 5.75 Å². The molecule has 0 aromatic heterocycles. The molecular weight excluding hydrogens is 579 g/mol. The SMILES string of the molecule is C=C(NOCc1ccccc1C(=COC)C(=O)OC)C(=NOC)c1cc(F)c(OCc2cccc(C(F)(F)F)c2)cc1F. The summed E-state index contributed by atoms with van der Waals surface area (Å²) in [6.45, 7) is 3.18. The number of alkyl halides is 3. The predicted octanol–water partition coefficient (Wildman–Crippen LogP) is 6.31. The molecule has 0 unspecified atom stereocenters. The fraction of sp³-hybridized carbons (Fsp3) is 0.200. The van der Waals surface area contributed by atoms with Gasteiger partial charge in [-0.2, -0.15) is 13.2 Å². The van der Waals surface area contributed by atoms with Gasteiger partial charge in [0.2, 0.25) is 0 Å². The number of oxime groups is 1. The van der Waals surface area contributed by atoms with E-state index >= 15 is 4.39 Å². The van der Waals surface area contributed by atoms with Crippen molar-refractivity contribution in [3.8, 4) is 5.75 Å². The summed E-state index contributed by atoms with van der Waals surface area (Å²) in [5.74, 6) is -3.18. The second-order valence-corrected chi connectivity index (χ2v) is 8.66. The Bertz CT molecular complexity index is 1520. The number of nitrogens with zero attached hydrogens (tertiary/aromatic N) is 1. The van der Waals surface area contributed by atoms with Crippen LogP contribution in [0.15, 0.2) is 84.4 Å². The predicted molar refractivity (Wildman–Crippen MR) is 146 cm³/mol. The molecule has 228 valence electrons. The van der Waals surface area contributed by atoms with Gasteiger partial charge >= 0.3 is 12.1 Å². The Kier molecular flexibility index (Phi) is 11.2. The Balaban J connectivity index is 1.74. The number of allylic oxidation sites excluding steroid dienone is 1. The molecule has 0 spiro atoms. The van der Waals surface area contributed by atoms with Crippen molar-refractivity contribution in [2.24, 2.45) is 5.16 Å². The molecule has 0 aliphatic rings. The topological polar surface area (TPSA) is 87.6 Å². The first-order valence-electron chi connectivity index (χ1n) is 12.4. The number of carbonyl (C=O) groups excluding carboxylic acids is 1. The zero-order valence-electron chi connectivity index (χ0n) is 23.3. The molecule has 0 heterocycles. The lowest BCUT2D eigenvalue weighted by atomic mass is 10.0. The van der Waals surface area contributed by atoms with Crippen LogP contribution in [0.1, 0.15) is 27.8 Å². The maximum Gasteiger partial charge on any atom is 0.416 e. The summed E-state index contributed by atoms with van der Waals surface area (Å²) in [7, 11) is 3.78. The van der Waals surface area contributed by atoms with Crippen molar-refractivity contribution >= 4 is 17.3 Å². The molecule has 13 heteroatoms. The number of benzene rings is 3. The maximum absolute atomic E-state index is 15.1. The van der Waals surface area contributed by atoms with Crippen LogP contribution in [-0.2, 0) is 43.3 Å². The molecule has 0 amide bonds. The van der Waals surface area contributed by atoms with Gasteiger partial charge in [0.05, 0.1) is 31.7 Å². The lowest BCUT2D eigenvalue weighted by Gasteiger charge is -2.16. The first-order chi connectivity index (χ1) is 20.5. The molecule has 3 aromatic rings. The van der Waals surface area contributed by atoms with Crippen molar-refractivity contribution in [1.29, 1.82) is 0 Å². The number of hydroxylamine groups is 1. The van der Waals surface area contributed by atoms with Crippen LogP contribution < -0.4 is 10.2 Å². The van der Waals surface area contributed by atoms with Crippen LogP contribution in [0, 0.1) is 11.6 Å². The third-order valence-electron chi connectivity index (χ3n) is 5.77. The van der Waals surface area contributed by atoms with Gasteiger partial charge < -0.3 is 19.0 Å². The number of hydrogen-bond donors (Lipinski definition) is 1. The van der Waals surface area contributed by atoms with E-state index in [4.69, 9.17) is 23.9 Å². The first kappa shape index (κ1) is 32.6. The van der Waals surface area contributed by atoms with E-state index in [9.17, 15) is 22.4 Å². The number of halogens is 5. The van der Waals surface area contributed by atoms with Crippen molar-refractivity contribution in [2.45, 2.75) is 19.4 Å². The van der Waals surface area contributed by atoms with Gasteiger partial charge in [-0.3, -0.25) is 10.3 Å². The largest absolute Gasteiger partial charge is 0.503 e. The van der Waals surface area contributed by atoms with Gasteiger partial charge in [-0.25, -0.2) is 13.6 Å². The molecule has 0 atom stereocenters. The molecule has 8 nitrogen and oxygen atoms in total. The lowest BCUT2D eigenvalue weighted by Crippen LogP contribution is -2.22. The number of nitrogens with one attached hydrogen (secondary N) is 1. The average Bonchev–Trinajstić information content (AvgIpc) is 2.98. The van der Waals surface area contributed by atoms with Crippen LogP contribution in [0.2, 0.25) is 0 Å². The van der Waals surface area contributed by atoms with Crippen LogP contribution in [0.25, 0.3) is 5.57 Å². The minimum atomic E-state index is -4.57. The molecule has 0 saturated carbocycles.